The first-order chi connectivity index (χ1) is 8.86. The van der Waals surface area contributed by atoms with Crippen LogP contribution in [0.1, 0.15) is 19.3 Å². The van der Waals surface area contributed by atoms with E-state index in [4.69, 9.17) is 4.74 Å². The summed E-state index contributed by atoms with van der Waals surface area (Å²) in [5.74, 6) is 0.853. The quantitative estimate of drug-likeness (QED) is 0.653. The summed E-state index contributed by atoms with van der Waals surface area (Å²) in [5.41, 5.74) is 0. The molecule has 1 amide bonds. The summed E-state index contributed by atoms with van der Waals surface area (Å²) in [6, 6.07) is 5.83. The van der Waals surface area contributed by atoms with Crippen LogP contribution in [0.3, 0.4) is 0 Å². The van der Waals surface area contributed by atoms with E-state index in [0.29, 0.717) is 13.2 Å². The van der Waals surface area contributed by atoms with Crippen molar-refractivity contribution in [2.75, 3.05) is 18.9 Å². The van der Waals surface area contributed by atoms with E-state index in [2.05, 4.69) is 10.3 Å². The van der Waals surface area contributed by atoms with Crippen LogP contribution in [0.25, 0.3) is 0 Å². The maximum atomic E-state index is 11.7. The van der Waals surface area contributed by atoms with Gasteiger partial charge >= 0.3 is 0 Å². The standard InChI is InChI=1S/C13H18N2O2S/c16-13(11-5-2-4-9-17-11)15-8-10-18-12-6-1-3-7-14-12/h1,3,6-7,11H,2,4-5,8-10H2,(H,15,16)/t11-/m1/s1. The number of rotatable bonds is 5. The Hall–Kier alpha value is -1.07. The molecule has 2 heterocycles. The molecule has 1 fully saturated rings. The van der Waals surface area contributed by atoms with Crippen LogP contribution in [0.4, 0.5) is 0 Å². The zero-order chi connectivity index (χ0) is 12.6. The van der Waals surface area contributed by atoms with Crippen LogP contribution < -0.4 is 5.32 Å². The Bertz CT molecular complexity index is 367. The minimum absolute atomic E-state index is 0.0244. The monoisotopic (exact) mass is 266 g/mol. The van der Waals surface area contributed by atoms with Crippen molar-refractivity contribution in [2.24, 2.45) is 0 Å². The molecule has 1 aromatic rings. The number of hydrogen-bond donors (Lipinski definition) is 1. The lowest BCUT2D eigenvalue weighted by atomic mass is 10.1. The topological polar surface area (TPSA) is 51.2 Å². The molecule has 18 heavy (non-hydrogen) atoms. The molecular formula is C13H18N2O2S. The molecular weight excluding hydrogens is 248 g/mol. The van der Waals surface area contributed by atoms with Gasteiger partial charge in [0.1, 0.15) is 6.10 Å². The van der Waals surface area contributed by atoms with Gasteiger partial charge in [0.05, 0.1) is 5.03 Å². The molecule has 1 N–H and O–H groups in total. The number of nitrogens with one attached hydrogen (secondary N) is 1. The fraction of sp³-hybridized carbons (Fsp3) is 0.538. The van der Waals surface area contributed by atoms with Gasteiger partial charge in [-0.05, 0) is 31.4 Å². The van der Waals surface area contributed by atoms with Crippen molar-refractivity contribution in [3.63, 3.8) is 0 Å². The molecule has 1 aromatic heterocycles. The van der Waals surface area contributed by atoms with Gasteiger partial charge in [-0.25, -0.2) is 4.98 Å². The Labute approximate surface area is 112 Å². The van der Waals surface area contributed by atoms with Gasteiger partial charge in [-0.1, -0.05) is 6.07 Å². The molecule has 5 heteroatoms. The molecule has 1 aliphatic heterocycles. The van der Waals surface area contributed by atoms with Crippen LogP contribution in [-0.2, 0) is 9.53 Å². The Morgan fingerprint density at radius 2 is 2.44 bits per heavy atom. The maximum Gasteiger partial charge on any atom is 0.249 e. The largest absolute Gasteiger partial charge is 0.368 e. The number of carbonyl (C=O) groups excluding carboxylic acids is 1. The molecule has 4 nitrogen and oxygen atoms in total. The second-order valence-electron chi connectivity index (χ2n) is 4.16. The van der Waals surface area contributed by atoms with E-state index >= 15 is 0 Å². The van der Waals surface area contributed by atoms with E-state index in [-0.39, 0.29) is 12.0 Å². The summed E-state index contributed by atoms with van der Waals surface area (Å²) in [7, 11) is 0. The third-order valence-corrected chi connectivity index (χ3v) is 3.71. The Morgan fingerprint density at radius 3 is 3.17 bits per heavy atom. The van der Waals surface area contributed by atoms with E-state index in [1.54, 1.807) is 18.0 Å². The summed E-state index contributed by atoms with van der Waals surface area (Å²) in [5, 5.41) is 3.90. The molecule has 0 radical (unpaired) electrons. The molecule has 0 unspecified atom stereocenters. The molecule has 0 spiro atoms. The van der Waals surface area contributed by atoms with Crippen LogP contribution in [0.15, 0.2) is 29.4 Å². The molecule has 98 valence electrons. The smallest absolute Gasteiger partial charge is 0.249 e. The molecule has 0 saturated carbocycles. The van der Waals surface area contributed by atoms with Crippen LogP contribution >= 0.6 is 11.8 Å². The fourth-order valence-electron chi connectivity index (χ4n) is 1.82. The summed E-state index contributed by atoms with van der Waals surface area (Å²) in [4.78, 5) is 16.0. The van der Waals surface area contributed by atoms with Crippen LogP contribution in [0, 0.1) is 0 Å². The van der Waals surface area contributed by atoms with Crippen LogP contribution in [0.5, 0.6) is 0 Å². The van der Waals surface area contributed by atoms with Gasteiger partial charge in [0.25, 0.3) is 0 Å². The van der Waals surface area contributed by atoms with Crippen LogP contribution in [-0.4, -0.2) is 35.9 Å². The Morgan fingerprint density at radius 1 is 1.50 bits per heavy atom. The lowest BCUT2D eigenvalue weighted by molar-refractivity contribution is -0.135. The number of nitrogens with zero attached hydrogens (tertiary/aromatic N) is 1. The SMILES string of the molecule is O=C(NCCSc1ccccn1)[C@H]1CCCCO1. The van der Waals surface area contributed by atoms with Gasteiger partial charge in [0, 0.05) is 25.1 Å². The van der Waals surface area contributed by atoms with Gasteiger partial charge in [0.2, 0.25) is 5.91 Å². The summed E-state index contributed by atoms with van der Waals surface area (Å²) in [6.45, 7) is 1.36. The predicted molar refractivity (Wildman–Crippen MR) is 71.6 cm³/mol. The zero-order valence-corrected chi connectivity index (χ0v) is 11.1. The summed E-state index contributed by atoms with van der Waals surface area (Å²) in [6.07, 6.45) is 4.54. The van der Waals surface area contributed by atoms with Crippen molar-refractivity contribution in [1.82, 2.24) is 10.3 Å². The van der Waals surface area contributed by atoms with Gasteiger partial charge in [-0.2, -0.15) is 0 Å². The average molecular weight is 266 g/mol. The zero-order valence-electron chi connectivity index (χ0n) is 10.3. The van der Waals surface area contributed by atoms with Crippen molar-refractivity contribution in [3.8, 4) is 0 Å². The number of hydrogen-bond acceptors (Lipinski definition) is 4. The van der Waals surface area contributed by atoms with E-state index in [1.807, 2.05) is 18.2 Å². The number of amides is 1. The highest BCUT2D eigenvalue weighted by Gasteiger charge is 2.21. The van der Waals surface area contributed by atoms with Gasteiger partial charge in [0.15, 0.2) is 0 Å². The Balaban J connectivity index is 1.61. The number of thioether (sulfide) groups is 1. The Kier molecular flexibility index (Phi) is 5.48. The molecule has 1 atom stereocenters. The molecule has 0 aromatic carbocycles. The van der Waals surface area contributed by atoms with Gasteiger partial charge in [-0.3, -0.25) is 4.79 Å². The molecule has 2 rings (SSSR count). The first-order valence-corrected chi connectivity index (χ1v) is 7.28. The van der Waals surface area contributed by atoms with Crippen molar-refractivity contribution in [2.45, 2.75) is 30.4 Å². The van der Waals surface area contributed by atoms with Crippen molar-refractivity contribution >= 4 is 17.7 Å². The number of pyridine rings is 1. The molecule has 0 bridgehead atoms. The fourth-order valence-corrected chi connectivity index (χ4v) is 2.55. The van der Waals surface area contributed by atoms with Crippen molar-refractivity contribution in [3.05, 3.63) is 24.4 Å². The van der Waals surface area contributed by atoms with Crippen molar-refractivity contribution < 1.29 is 9.53 Å². The first kappa shape index (κ1) is 13.4. The molecule has 1 aliphatic rings. The highest BCUT2D eigenvalue weighted by molar-refractivity contribution is 7.99. The number of ether oxygens (including phenoxy) is 1. The molecule has 0 aliphatic carbocycles. The normalized spacial score (nSPS) is 19.4. The van der Waals surface area contributed by atoms with E-state index < -0.39 is 0 Å². The second kappa shape index (κ2) is 7.38. The number of carbonyl (C=O) groups is 1. The van der Waals surface area contributed by atoms with Crippen molar-refractivity contribution in [1.29, 1.82) is 0 Å². The second-order valence-corrected chi connectivity index (χ2v) is 5.28. The lowest BCUT2D eigenvalue weighted by Crippen LogP contribution is -2.39. The van der Waals surface area contributed by atoms with Gasteiger partial charge in [-0.15, -0.1) is 11.8 Å². The third-order valence-electron chi connectivity index (χ3n) is 2.76. The molecule has 1 saturated heterocycles. The van der Waals surface area contributed by atoms with Crippen LogP contribution in [0.2, 0.25) is 0 Å². The van der Waals surface area contributed by atoms with E-state index in [1.165, 1.54) is 0 Å². The first-order valence-electron chi connectivity index (χ1n) is 6.29. The minimum Gasteiger partial charge on any atom is -0.368 e. The average Bonchev–Trinajstić information content (AvgIpc) is 2.45. The van der Waals surface area contributed by atoms with E-state index in [9.17, 15) is 4.79 Å². The van der Waals surface area contributed by atoms with Gasteiger partial charge < -0.3 is 10.1 Å². The maximum absolute atomic E-state index is 11.7. The summed E-state index contributed by atoms with van der Waals surface area (Å²) < 4.78 is 5.42. The predicted octanol–water partition coefficient (Wildman–Crippen LogP) is 1.86. The van der Waals surface area contributed by atoms with E-state index in [0.717, 1.165) is 30.0 Å². The highest BCUT2D eigenvalue weighted by Crippen LogP contribution is 2.14. The highest BCUT2D eigenvalue weighted by atomic mass is 32.2. The third kappa shape index (κ3) is 4.31. The number of aromatic nitrogens is 1. The summed E-state index contributed by atoms with van der Waals surface area (Å²) >= 11 is 1.64. The lowest BCUT2D eigenvalue weighted by Gasteiger charge is -2.21. The minimum atomic E-state index is -0.237.